The van der Waals surface area contributed by atoms with Crippen molar-refractivity contribution in [3.05, 3.63) is 29.3 Å². The lowest BCUT2D eigenvalue weighted by Crippen LogP contribution is -2.38. The van der Waals surface area contributed by atoms with E-state index in [2.05, 4.69) is 5.32 Å². The summed E-state index contributed by atoms with van der Waals surface area (Å²) in [5.74, 6) is -3.08. The molecule has 0 amide bonds. The first kappa shape index (κ1) is 9.40. The molecule has 1 aliphatic rings. The van der Waals surface area contributed by atoms with E-state index in [0.29, 0.717) is 5.69 Å². The van der Waals surface area contributed by atoms with Crippen molar-refractivity contribution in [3.63, 3.8) is 0 Å². The molecule has 1 aromatic rings. The normalized spacial score (nSPS) is 23.9. The summed E-state index contributed by atoms with van der Waals surface area (Å²) >= 11 is 0. The van der Waals surface area contributed by atoms with Gasteiger partial charge < -0.3 is 10.4 Å². The number of hydrogen-bond donors (Lipinski definition) is 2. The molecule has 0 fully saturated rings. The predicted octanol–water partition coefficient (Wildman–Crippen LogP) is 2.09. The summed E-state index contributed by atoms with van der Waals surface area (Å²) in [7, 11) is 0. The minimum atomic E-state index is -3.08. The van der Waals surface area contributed by atoms with E-state index >= 15 is 0 Å². The molecule has 0 saturated heterocycles. The molecule has 14 heavy (non-hydrogen) atoms. The number of rotatable bonds is 0. The molecule has 2 rings (SSSR count). The van der Waals surface area contributed by atoms with E-state index in [1.54, 1.807) is 19.1 Å². The van der Waals surface area contributed by atoms with Gasteiger partial charge in [-0.1, -0.05) is 17.7 Å². The summed E-state index contributed by atoms with van der Waals surface area (Å²) in [6, 6.07) is 5.12. The van der Waals surface area contributed by atoms with Gasteiger partial charge in [0.05, 0.1) is 6.54 Å². The molecule has 76 valence electrons. The molecule has 1 aromatic carbocycles. The van der Waals surface area contributed by atoms with Crippen LogP contribution in [0.25, 0.3) is 0 Å². The topological polar surface area (TPSA) is 32.3 Å². The Morgan fingerprint density at radius 3 is 2.93 bits per heavy atom. The quantitative estimate of drug-likeness (QED) is 0.670. The first-order valence-electron chi connectivity index (χ1n) is 4.41. The lowest BCUT2D eigenvalue weighted by molar-refractivity contribution is -0.103. The number of anilines is 1. The van der Waals surface area contributed by atoms with Crippen LogP contribution in [-0.4, -0.2) is 17.6 Å². The monoisotopic (exact) mass is 199 g/mol. The van der Waals surface area contributed by atoms with Crippen LogP contribution in [0.2, 0.25) is 0 Å². The van der Waals surface area contributed by atoms with Crippen molar-refractivity contribution < 1.29 is 13.9 Å². The molecule has 0 radical (unpaired) electrons. The number of alkyl halides is 2. The van der Waals surface area contributed by atoms with Gasteiger partial charge in [0.1, 0.15) is 6.10 Å². The second-order valence-corrected chi connectivity index (χ2v) is 3.61. The van der Waals surface area contributed by atoms with E-state index in [0.717, 1.165) is 5.56 Å². The molecule has 1 unspecified atom stereocenters. The maximum absolute atomic E-state index is 13.1. The molecule has 0 spiro atoms. The fourth-order valence-electron chi connectivity index (χ4n) is 1.61. The molecule has 0 saturated carbocycles. The van der Waals surface area contributed by atoms with Gasteiger partial charge in [-0.05, 0) is 13.0 Å². The largest absolute Gasteiger partial charge is 0.382 e. The summed E-state index contributed by atoms with van der Waals surface area (Å²) in [5.41, 5.74) is 1.73. The van der Waals surface area contributed by atoms with Crippen LogP contribution in [0.5, 0.6) is 0 Å². The third kappa shape index (κ3) is 1.35. The number of aryl methyl sites for hydroxylation is 1. The fraction of sp³-hybridized carbons (Fsp3) is 0.400. The zero-order valence-electron chi connectivity index (χ0n) is 7.72. The van der Waals surface area contributed by atoms with Gasteiger partial charge in [-0.3, -0.25) is 0 Å². The number of hydrogen-bond acceptors (Lipinski definition) is 2. The summed E-state index contributed by atoms with van der Waals surface area (Å²) < 4.78 is 26.2. The van der Waals surface area contributed by atoms with Crippen LogP contribution in [0.4, 0.5) is 14.5 Å². The van der Waals surface area contributed by atoms with E-state index in [1.807, 2.05) is 6.07 Å². The summed E-state index contributed by atoms with van der Waals surface area (Å²) in [6.45, 7) is 1.30. The number of aliphatic hydroxyl groups excluding tert-OH is 1. The van der Waals surface area contributed by atoms with Crippen LogP contribution >= 0.6 is 0 Å². The molecule has 1 atom stereocenters. The molecule has 0 aromatic heterocycles. The Hall–Kier alpha value is -1.16. The lowest BCUT2D eigenvalue weighted by atomic mass is 9.96. The smallest absolute Gasteiger partial charge is 0.294 e. The Morgan fingerprint density at radius 1 is 1.50 bits per heavy atom. The van der Waals surface area contributed by atoms with Crippen molar-refractivity contribution in [2.75, 3.05) is 11.9 Å². The Balaban J connectivity index is 2.48. The number of halogens is 2. The van der Waals surface area contributed by atoms with Gasteiger partial charge in [0.2, 0.25) is 0 Å². The van der Waals surface area contributed by atoms with Crippen molar-refractivity contribution in [2.24, 2.45) is 0 Å². The average Bonchev–Trinajstić information content (AvgIpc) is 2.13. The molecule has 1 aliphatic heterocycles. The van der Waals surface area contributed by atoms with Crippen molar-refractivity contribution in [1.29, 1.82) is 0 Å². The first-order valence-corrected chi connectivity index (χ1v) is 4.41. The van der Waals surface area contributed by atoms with Crippen LogP contribution < -0.4 is 5.32 Å². The summed E-state index contributed by atoms with van der Waals surface area (Å²) in [5, 5.41) is 12.0. The van der Waals surface area contributed by atoms with Crippen LogP contribution in [0.1, 0.15) is 17.2 Å². The molecule has 1 heterocycles. The van der Waals surface area contributed by atoms with Gasteiger partial charge in [0, 0.05) is 11.3 Å². The summed E-state index contributed by atoms with van der Waals surface area (Å²) in [6.07, 6.45) is -1.70. The fourth-order valence-corrected chi connectivity index (χ4v) is 1.61. The van der Waals surface area contributed by atoms with E-state index in [1.165, 1.54) is 0 Å². The highest BCUT2D eigenvalue weighted by atomic mass is 19.3. The third-order valence-electron chi connectivity index (χ3n) is 2.42. The second-order valence-electron chi connectivity index (χ2n) is 3.61. The third-order valence-corrected chi connectivity index (χ3v) is 2.42. The number of nitrogens with one attached hydrogen (secondary N) is 1. The SMILES string of the molecule is Cc1ccc2c(c1)C(O)C(F)(F)CN2. The predicted molar refractivity (Wildman–Crippen MR) is 49.6 cm³/mol. The van der Waals surface area contributed by atoms with Crippen LogP contribution in [0, 0.1) is 6.92 Å². The molecule has 2 N–H and O–H groups in total. The number of aliphatic hydroxyl groups is 1. The van der Waals surface area contributed by atoms with Crippen molar-refractivity contribution in [1.82, 2.24) is 0 Å². The maximum atomic E-state index is 13.1. The van der Waals surface area contributed by atoms with Crippen molar-refractivity contribution in [3.8, 4) is 0 Å². The van der Waals surface area contributed by atoms with Crippen molar-refractivity contribution >= 4 is 5.69 Å². The van der Waals surface area contributed by atoms with E-state index in [-0.39, 0.29) is 5.56 Å². The van der Waals surface area contributed by atoms with E-state index < -0.39 is 18.6 Å². The van der Waals surface area contributed by atoms with Gasteiger partial charge in [-0.15, -0.1) is 0 Å². The zero-order chi connectivity index (χ0) is 10.3. The minimum absolute atomic E-state index is 0.279. The Labute approximate surface area is 80.6 Å². The highest BCUT2D eigenvalue weighted by Crippen LogP contribution is 2.39. The molecular formula is C10H11F2NO. The first-order chi connectivity index (χ1) is 6.50. The zero-order valence-corrected chi connectivity index (χ0v) is 7.72. The molecule has 0 aliphatic carbocycles. The van der Waals surface area contributed by atoms with Gasteiger partial charge >= 0.3 is 0 Å². The van der Waals surface area contributed by atoms with Crippen LogP contribution in [-0.2, 0) is 0 Å². The highest BCUT2D eigenvalue weighted by Gasteiger charge is 2.43. The summed E-state index contributed by atoms with van der Waals surface area (Å²) in [4.78, 5) is 0. The number of benzene rings is 1. The Bertz CT molecular complexity index is 365. The van der Waals surface area contributed by atoms with E-state index in [9.17, 15) is 13.9 Å². The Kier molecular flexibility index (Phi) is 1.96. The molecule has 2 nitrogen and oxygen atoms in total. The number of fused-ring (bicyclic) bond motifs is 1. The van der Waals surface area contributed by atoms with E-state index in [4.69, 9.17) is 0 Å². The minimum Gasteiger partial charge on any atom is -0.382 e. The Morgan fingerprint density at radius 2 is 2.21 bits per heavy atom. The second kappa shape index (κ2) is 2.92. The molecule has 0 bridgehead atoms. The maximum Gasteiger partial charge on any atom is 0.294 e. The molecule has 4 heteroatoms. The van der Waals surface area contributed by atoms with Crippen LogP contribution in [0.3, 0.4) is 0 Å². The highest BCUT2D eigenvalue weighted by molar-refractivity contribution is 5.56. The lowest BCUT2D eigenvalue weighted by Gasteiger charge is -2.30. The van der Waals surface area contributed by atoms with Gasteiger partial charge in [0.15, 0.2) is 0 Å². The standard InChI is InChI=1S/C10H11F2NO/c1-6-2-3-8-7(4-6)9(14)10(11,12)5-13-8/h2-4,9,13-14H,5H2,1H3. The van der Waals surface area contributed by atoms with Gasteiger partial charge in [-0.2, -0.15) is 0 Å². The van der Waals surface area contributed by atoms with Crippen LogP contribution in [0.15, 0.2) is 18.2 Å². The molecular weight excluding hydrogens is 188 g/mol. The average molecular weight is 199 g/mol. The van der Waals surface area contributed by atoms with Gasteiger partial charge in [-0.25, -0.2) is 8.78 Å². The van der Waals surface area contributed by atoms with Crippen molar-refractivity contribution in [2.45, 2.75) is 19.0 Å². The van der Waals surface area contributed by atoms with Gasteiger partial charge in [0.25, 0.3) is 5.92 Å².